The SMILES string of the molecule is CN(C)[O-].[Na+]. The van der Waals surface area contributed by atoms with Crippen LogP contribution in [0.15, 0.2) is 0 Å². The molecule has 0 aliphatic heterocycles. The van der Waals surface area contributed by atoms with Crippen molar-refractivity contribution < 1.29 is 29.6 Å². The maximum absolute atomic E-state index is 9.36. The molecule has 0 atom stereocenters. The molecule has 26 valence electrons. The molecule has 0 unspecified atom stereocenters. The summed E-state index contributed by atoms with van der Waals surface area (Å²) in [4.78, 5) is 0. The van der Waals surface area contributed by atoms with Gasteiger partial charge in [-0.2, -0.15) is 0 Å². The van der Waals surface area contributed by atoms with Gasteiger partial charge in [0.1, 0.15) is 0 Å². The molecule has 0 aromatic carbocycles. The molecule has 0 N–H and O–H groups in total. The van der Waals surface area contributed by atoms with E-state index in [0.29, 0.717) is 0 Å². The second-order valence-corrected chi connectivity index (χ2v) is 0.812. The van der Waals surface area contributed by atoms with Crippen LogP contribution < -0.4 is 29.6 Å². The molecule has 0 aliphatic carbocycles. The Hall–Kier alpha value is 0.920. The van der Waals surface area contributed by atoms with E-state index in [1.165, 1.54) is 14.1 Å². The predicted molar refractivity (Wildman–Crippen MR) is 17.1 cm³/mol. The Morgan fingerprint density at radius 2 is 1.40 bits per heavy atom. The van der Waals surface area contributed by atoms with Crippen molar-refractivity contribution in [3.05, 3.63) is 5.21 Å². The Morgan fingerprint density at radius 3 is 1.40 bits per heavy atom. The Balaban J connectivity index is 0. The van der Waals surface area contributed by atoms with Crippen LogP contribution in [0, 0.1) is 5.21 Å². The zero-order chi connectivity index (χ0) is 3.58. The van der Waals surface area contributed by atoms with Gasteiger partial charge < -0.3 is 10.3 Å². The molecule has 0 aromatic heterocycles. The third-order valence-corrected chi connectivity index (χ3v) is 0. The quantitative estimate of drug-likeness (QED) is 0.231. The van der Waals surface area contributed by atoms with Crippen molar-refractivity contribution in [3.63, 3.8) is 0 Å². The Bertz CT molecular complexity index is 14.4. The van der Waals surface area contributed by atoms with Gasteiger partial charge in [0.2, 0.25) is 0 Å². The van der Waals surface area contributed by atoms with E-state index in [-0.39, 0.29) is 29.6 Å². The second kappa shape index (κ2) is 4.92. The number of nitrogens with zero attached hydrogens (tertiary/aromatic N) is 1. The van der Waals surface area contributed by atoms with Crippen molar-refractivity contribution in [3.8, 4) is 0 Å². The summed E-state index contributed by atoms with van der Waals surface area (Å²) in [6, 6.07) is 0. The van der Waals surface area contributed by atoms with Crippen LogP contribution >= 0.6 is 0 Å². The average molecular weight is 83.1 g/mol. The minimum Gasteiger partial charge on any atom is -0.785 e. The molecule has 0 heterocycles. The summed E-state index contributed by atoms with van der Waals surface area (Å²) >= 11 is 0. The van der Waals surface area contributed by atoms with Crippen LogP contribution in [0.25, 0.3) is 0 Å². The summed E-state index contributed by atoms with van der Waals surface area (Å²) in [6.45, 7) is 0. The maximum Gasteiger partial charge on any atom is 1.00 e. The molecular formula is C2H6NNaO. The van der Waals surface area contributed by atoms with Crippen molar-refractivity contribution in [1.29, 1.82) is 0 Å². The molecule has 0 aromatic rings. The van der Waals surface area contributed by atoms with Gasteiger partial charge in [-0.05, 0) is 14.1 Å². The van der Waals surface area contributed by atoms with Crippen LogP contribution in [0.3, 0.4) is 0 Å². The zero-order valence-corrected chi connectivity index (χ0v) is 5.86. The molecule has 0 amide bonds. The van der Waals surface area contributed by atoms with Gasteiger partial charge in [-0.3, -0.25) is 0 Å². The molecule has 0 aliphatic rings. The van der Waals surface area contributed by atoms with Gasteiger partial charge in [-0.1, -0.05) is 0 Å². The number of rotatable bonds is 0. The molecule has 3 heteroatoms. The smallest absolute Gasteiger partial charge is 0.785 e. The van der Waals surface area contributed by atoms with E-state index in [1.807, 2.05) is 0 Å². The second-order valence-electron chi connectivity index (χ2n) is 0.812. The molecule has 0 radical (unpaired) electrons. The summed E-state index contributed by atoms with van der Waals surface area (Å²) in [6.07, 6.45) is 0. The number of hydrogen-bond donors (Lipinski definition) is 0. The van der Waals surface area contributed by atoms with Crippen molar-refractivity contribution in [2.45, 2.75) is 0 Å². The Kier molecular flexibility index (Phi) is 9.18. The van der Waals surface area contributed by atoms with Gasteiger partial charge >= 0.3 is 29.6 Å². The van der Waals surface area contributed by atoms with E-state index in [2.05, 4.69) is 0 Å². The van der Waals surface area contributed by atoms with E-state index in [9.17, 15) is 5.21 Å². The predicted octanol–water partition coefficient (Wildman–Crippen LogP) is -2.95. The first kappa shape index (κ1) is 9.33. The summed E-state index contributed by atoms with van der Waals surface area (Å²) < 4.78 is 0. The molecule has 0 fully saturated rings. The zero-order valence-electron chi connectivity index (χ0n) is 3.86. The minimum absolute atomic E-state index is 0. The van der Waals surface area contributed by atoms with Crippen LogP contribution in [0.4, 0.5) is 0 Å². The van der Waals surface area contributed by atoms with Crippen LogP contribution in [0.1, 0.15) is 0 Å². The van der Waals surface area contributed by atoms with Gasteiger partial charge in [-0.25, -0.2) is 0 Å². The van der Waals surface area contributed by atoms with Gasteiger partial charge in [0.05, 0.1) is 0 Å². The van der Waals surface area contributed by atoms with Crippen LogP contribution in [0.5, 0.6) is 0 Å². The third kappa shape index (κ3) is 49.6. The van der Waals surface area contributed by atoms with Gasteiger partial charge in [0.15, 0.2) is 0 Å². The first-order chi connectivity index (χ1) is 1.73. The van der Waals surface area contributed by atoms with E-state index in [1.54, 1.807) is 0 Å². The van der Waals surface area contributed by atoms with Crippen molar-refractivity contribution in [1.82, 2.24) is 5.06 Å². The van der Waals surface area contributed by atoms with Crippen molar-refractivity contribution >= 4 is 0 Å². The first-order valence-corrected chi connectivity index (χ1v) is 1.08. The van der Waals surface area contributed by atoms with E-state index in [4.69, 9.17) is 0 Å². The summed E-state index contributed by atoms with van der Waals surface area (Å²) in [5.41, 5.74) is 0. The van der Waals surface area contributed by atoms with Gasteiger partial charge in [-0.15, -0.1) is 0 Å². The van der Waals surface area contributed by atoms with E-state index < -0.39 is 0 Å². The molecule has 0 saturated carbocycles. The Morgan fingerprint density at radius 1 is 1.40 bits per heavy atom. The fourth-order valence-corrected chi connectivity index (χ4v) is 0. The standard InChI is InChI=1S/C2H6NO.Na/c1-3(2)4;/h1-2H3;/q-1;+1. The van der Waals surface area contributed by atoms with Gasteiger partial charge in [0, 0.05) is 0 Å². The normalized spacial score (nSPS) is 7.20. The number of hydrogen-bond acceptors (Lipinski definition) is 2. The summed E-state index contributed by atoms with van der Waals surface area (Å²) in [7, 11) is 2.89. The molecule has 0 rings (SSSR count). The summed E-state index contributed by atoms with van der Waals surface area (Å²) in [5, 5.41) is 10.1. The molecule has 5 heavy (non-hydrogen) atoms. The number of hydroxylamine groups is 2. The van der Waals surface area contributed by atoms with Crippen LogP contribution in [-0.2, 0) is 0 Å². The fraction of sp³-hybridized carbons (Fsp3) is 1.00. The largest absolute Gasteiger partial charge is 1.00 e. The average Bonchev–Trinajstić information content (AvgIpc) is 0.811. The molecule has 0 bridgehead atoms. The molecular weight excluding hydrogens is 77.0 g/mol. The van der Waals surface area contributed by atoms with E-state index >= 15 is 0 Å². The van der Waals surface area contributed by atoms with Gasteiger partial charge in [0.25, 0.3) is 0 Å². The van der Waals surface area contributed by atoms with E-state index in [0.717, 1.165) is 5.06 Å². The fourth-order valence-electron chi connectivity index (χ4n) is 0. The van der Waals surface area contributed by atoms with Crippen molar-refractivity contribution in [2.24, 2.45) is 0 Å². The van der Waals surface area contributed by atoms with Crippen LogP contribution in [0.2, 0.25) is 0 Å². The van der Waals surface area contributed by atoms with Crippen molar-refractivity contribution in [2.75, 3.05) is 14.1 Å². The first-order valence-electron chi connectivity index (χ1n) is 1.08. The van der Waals surface area contributed by atoms with Crippen LogP contribution in [-0.4, -0.2) is 19.2 Å². The topological polar surface area (TPSA) is 26.3 Å². The Labute approximate surface area is 54.0 Å². The molecule has 0 spiro atoms. The summed E-state index contributed by atoms with van der Waals surface area (Å²) in [5.74, 6) is 0. The minimum atomic E-state index is 0. The monoisotopic (exact) mass is 83.0 g/mol. The maximum atomic E-state index is 9.36. The third-order valence-electron chi connectivity index (χ3n) is 0. The molecule has 2 nitrogen and oxygen atoms in total. The molecule has 0 saturated heterocycles.